The van der Waals surface area contributed by atoms with Gasteiger partial charge in [0.05, 0.1) is 28.8 Å². The topological polar surface area (TPSA) is 57.6 Å². The molecule has 1 unspecified atom stereocenters. The second-order valence-electron chi connectivity index (χ2n) is 2.31. The van der Waals surface area contributed by atoms with Crippen LogP contribution in [0.4, 0.5) is 0 Å². The van der Waals surface area contributed by atoms with Gasteiger partial charge in [-0.2, -0.15) is 0 Å². The normalized spacial score (nSPS) is 12.3. The summed E-state index contributed by atoms with van der Waals surface area (Å²) in [7, 11) is 1.59. The molecule has 0 aliphatic rings. The van der Waals surface area contributed by atoms with Crippen molar-refractivity contribution in [2.45, 2.75) is 13.3 Å². The van der Waals surface area contributed by atoms with E-state index in [1.165, 1.54) is 10.0 Å². The van der Waals surface area contributed by atoms with Gasteiger partial charge in [-0.25, -0.2) is 0 Å². The van der Waals surface area contributed by atoms with Gasteiger partial charge in [-0.3, -0.25) is 12.7 Å². The van der Waals surface area contributed by atoms with Gasteiger partial charge in [-0.05, 0) is 0 Å². The number of amides is 1. The van der Waals surface area contributed by atoms with Gasteiger partial charge in [0.25, 0.3) is 0 Å². The largest absolute Gasteiger partial charge is 0.481 e. The van der Waals surface area contributed by atoms with Crippen molar-refractivity contribution in [1.29, 1.82) is 0 Å². The lowest BCUT2D eigenvalue weighted by Crippen LogP contribution is -2.22. The Labute approximate surface area is 79.1 Å². The summed E-state index contributed by atoms with van der Waals surface area (Å²) in [6.45, 7) is 1.51. The molecule has 0 bridgehead atoms. The van der Waals surface area contributed by atoms with Crippen molar-refractivity contribution in [3.8, 4) is 0 Å². The maximum atomic E-state index is 10.9. The summed E-state index contributed by atoms with van der Waals surface area (Å²) in [5.41, 5.74) is 0. The fraction of sp³-hybridized carbons (Fsp3) is 0.667. The molecule has 64 valence electrons. The van der Waals surface area contributed by atoms with E-state index in [2.05, 4.69) is 0 Å². The van der Waals surface area contributed by atoms with Crippen LogP contribution >= 0.6 is 22.9 Å². The molecule has 0 aliphatic carbocycles. The van der Waals surface area contributed by atoms with E-state index in [0.29, 0.717) is 0 Å². The highest BCUT2D eigenvalue weighted by molar-refractivity contribution is 14.1. The predicted molar refractivity (Wildman–Crippen MR) is 48.2 cm³/mol. The molecule has 5 heteroatoms. The highest BCUT2D eigenvalue weighted by atomic mass is 127. The molecule has 0 aromatic rings. The third kappa shape index (κ3) is 4.18. The number of carbonyl (C=O) groups excluding carboxylic acids is 1. The minimum atomic E-state index is -0.934. The highest BCUT2D eigenvalue weighted by Gasteiger charge is 2.16. The van der Waals surface area contributed by atoms with Crippen molar-refractivity contribution >= 4 is 34.7 Å². The van der Waals surface area contributed by atoms with E-state index in [1.807, 2.05) is 22.9 Å². The summed E-state index contributed by atoms with van der Waals surface area (Å²) in [5.74, 6) is -1.70. The second kappa shape index (κ2) is 4.53. The number of halogens is 1. The molecule has 0 saturated heterocycles. The van der Waals surface area contributed by atoms with Gasteiger partial charge >= 0.3 is 5.97 Å². The summed E-state index contributed by atoms with van der Waals surface area (Å²) >= 11 is 1.82. The van der Waals surface area contributed by atoms with Crippen LogP contribution in [-0.4, -0.2) is 27.1 Å². The first-order valence-electron chi connectivity index (χ1n) is 3.10. The fourth-order valence-corrected chi connectivity index (χ4v) is 0.672. The molecule has 0 aliphatic heterocycles. The zero-order valence-corrected chi connectivity index (χ0v) is 8.53. The van der Waals surface area contributed by atoms with Crippen LogP contribution in [0.2, 0.25) is 0 Å². The molecule has 11 heavy (non-hydrogen) atoms. The molecule has 0 aromatic carbocycles. The van der Waals surface area contributed by atoms with Gasteiger partial charge in [-0.15, -0.1) is 0 Å². The monoisotopic (exact) mass is 271 g/mol. The molecule has 0 radical (unpaired) electrons. The molecule has 1 atom stereocenters. The van der Waals surface area contributed by atoms with E-state index in [-0.39, 0.29) is 12.3 Å². The van der Waals surface area contributed by atoms with Crippen LogP contribution in [0.5, 0.6) is 0 Å². The summed E-state index contributed by atoms with van der Waals surface area (Å²) < 4.78 is 1.36. The third-order valence-corrected chi connectivity index (χ3v) is 1.78. The molecule has 4 nitrogen and oxygen atoms in total. The number of nitrogens with zero attached hydrogens (tertiary/aromatic N) is 1. The van der Waals surface area contributed by atoms with Crippen LogP contribution in [-0.2, 0) is 9.59 Å². The Morgan fingerprint density at radius 1 is 1.64 bits per heavy atom. The van der Waals surface area contributed by atoms with Gasteiger partial charge in [0.15, 0.2) is 0 Å². The van der Waals surface area contributed by atoms with Gasteiger partial charge in [0.1, 0.15) is 0 Å². The summed E-state index contributed by atoms with van der Waals surface area (Å²) in [6.07, 6.45) is 0.0643. The number of hydrogen-bond donors (Lipinski definition) is 1. The smallest absolute Gasteiger partial charge is 0.306 e. The molecule has 1 amide bonds. The Hall–Kier alpha value is -0.330. The van der Waals surface area contributed by atoms with E-state index < -0.39 is 11.9 Å². The molecular formula is C6H10INO3. The van der Waals surface area contributed by atoms with Crippen LogP contribution in [0.1, 0.15) is 13.3 Å². The predicted octanol–water partition coefficient (Wildman–Crippen LogP) is 0.906. The molecular weight excluding hydrogens is 261 g/mol. The van der Waals surface area contributed by atoms with Gasteiger partial charge in [0.2, 0.25) is 5.91 Å². The highest BCUT2D eigenvalue weighted by Crippen LogP contribution is 2.06. The van der Waals surface area contributed by atoms with E-state index in [0.717, 1.165) is 0 Å². The number of carboxylic acid groups (broad SMARTS) is 1. The molecule has 0 rings (SSSR count). The lowest BCUT2D eigenvalue weighted by molar-refractivity contribution is -0.143. The Balaban J connectivity index is 3.85. The molecule has 0 saturated carbocycles. The maximum Gasteiger partial charge on any atom is 0.306 e. The standard InChI is InChI=1S/C6H10INO3/c1-4(6(10)11)3-5(9)8(2)7/h4H,3H2,1-2H3,(H,10,11). The fourth-order valence-electron chi connectivity index (χ4n) is 0.475. The Kier molecular flexibility index (Phi) is 4.39. The summed E-state index contributed by atoms with van der Waals surface area (Å²) in [6, 6.07) is 0. The van der Waals surface area contributed by atoms with Crippen molar-refractivity contribution in [2.75, 3.05) is 7.05 Å². The van der Waals surface area contributed by atoms with Crippen LogP contribution in [0.25, 0.3) is 0 Å². The molecule has 0 heterocycles. The van der Waals surface area contributed by atoms with Crippen LogP contribution in [0, 0.1) is 5.92 Å². The lowest BCUT2D eigenvalue weighted by Gasteiger charge is -2.09. The van der Waals surface area contributed by atoms with E-state index in [4.69, 9.17) is 5.11 Å². The zero-order chi connectivity index (χ0) is 9.02. The van der Waals surface area contributed by atoms with E-state index >= 15 is 0 Å². The summed E-state index contributed by atoms with van der Waals surface area (Å²) in [5, 5.41) is 8.44. The second-order valence-corrected chi connectivity index (χ2v) is 3.76. The van der Waals surface area contributed by atoms with Gasteiger partial charge in [0, 0.05) is 13.5 Å². The maximum absolute atomic E-state index is 10.9. The van der Waals surface area contributed by atoms with Crippen LogP contribution in [0.3, 0.4) is 0 Å². The van der Waals surface area contributed by atoms with Crippen molar-refractivity contribution < 1.29 is 14.7 Å². The molecule has 1 N–H and O–H groups in total. The average molecular weight is 271 g/mol. The van der Waals surface area contributed by atoms with Crippen LogP contribution in [0.15, 0.2) is 0 Å². The number of aliphatic carboxylic acids is 1. The number of rotatable bonds is 3. The first kappa shape index (κ1) is 10.7. The number of hydrogen-bond acceptors (Lipinski definition) is 2. The molecule has 0 fully saturated rings. The average Bonchev–Trinajstić information content (AvgIpc) is 1.87. The van der Waals surface area contributed by atoms with Crippen molar-refractivity contribution in [1.82, 2.24) is 3.11 Å². The number of carboxylic acids is 1. The Morgan fingerprint density at radius 3 is 2.36 bits per heavy atom. The quantitative estimate of drug-likeness (QED) is 0.613. The molecule has 0 aromatic heterocycles. The van der Waals surface area contributed by atoms with Crippen molar-refractivity contribution in [3.63, 3.8) is 0 Å². The van der Waals surface area contributed by atoms with Crippen LogP contribution < -0.4 is 0 Å². The molecule has 0 spiro atoms. The SMILES string of the molecule is CC(CC(=O)N(C)I)C(=O)O. The Bertz CT molecular complexity index is 169. The minimum Gasteiger partial charge on any atom is -0.481 e. The first-order valence-corrected chi connectivity index (χ1v) is 4.06. The van der Waals surface area contributed by atoms with Gasteiger partial charge < -0.3 is 5.11 Å². The van der Waals surface area contributed by atoms with E-state index in [9.17, 15) is 9.59 Å². The van der Waals surface area contributed by atoms with Crippen molar-refractivity contribution in [2.24, 2.45) is 5.92 Å². The van der Waals surface area contributed by atoms with Crippen molar-refractivity contribution in [3.05, 3.63) is 0 Å². The van der Waals surface area contributed by atoms with Gasteiger partial charge in [-0.1, -0.05) is 6.92 Å². The van der Waals surface area contributed by atoms with E-state index in [1.54, 1.807) is 7.05 Å². The first-order chi connectivity index (χ1) is 4.95. The lowest BCUT2D eigenvalue weighted by atomic mass is 10.1. The third-order valence-electron chi connectivity index (χ3n) is 1.25. The number of carbonyl (C=O) groups is 2. The minimum absolute atomic E-state index is 0.0643. The summed E-state index contributed by atoms with van der Waals surface area (Å²) in [4.78, 5) is 21.2. The zero-order valence-electron chi connectivity index (χ0n) is 6.37. The Morgan fingerprint density at radius 2 is 2.09 bits per heavy atom.